The molecule has 0 atom stereocenters. The van der Waals surface area contributed by atoms with Crippen molar-refractivity contribution in [2.45, 2.75) is 32.7 Å². The molecule has 0 bridgehead atoms. The molecule has 1 aromatic carbocycles. The van der Waals surface area contributed by atoms with E-state index in [1.807, 2.05) is 30.5 Å². The molecule has 3 rings (SSSR count). The quantitative estimate of drug-likeness (QED) is 0.538. The van der Waals surface area contributed by atoms with Crippen LogP contribution in [0.1, 0.15) is 24.2 Å². The maximum Gasteiger partial charge on any atom is 0.262 e. The number of thiophene rings is 1. The van der Waals surface area contributed by atoms with Crippen LogP contribution in [0.25, 0.3) is 21.3 Å². The van der Waals surface area contributed by atoms with E-state index in [0.717, 1.165) is 27.3 Å². The molecule has 0 saturated carbocycles. The smallest absolute Gasteiger partial charge is 0.262 e. The molecule has 2 heterocycles. The van der Waals surface area contributed by atoms with E-state index in [0.29, 0.717) is 43.6 Å². The molecule has 0 aliphatic heterocycles. The van der Waals surface area contributed by atoms with Gasteiger partial charge in [-0.05, 0) is 36.6 Å². The first-order valence-corrected chi connectivity index (χ1v) is 10.0. The van der Waals surface area contributed by atoms with Crippen molar-refractivity contribution < 1.29 is 9.47 Å². The molecule has 146 valence electrons. The highest BCUT2D eigenvalue weighted by atomic mass is 32.1. The lowest BCUT2D eigenvalue weighted by Gasteiger charge is -2.12. The lowest BCUT2D eigenvalue weighted by molar-refractivity contribution is 0.199. The Bertz CT molecular complexity index is 1080. The molecule has 28 heavy (non-hydrogen) atoms. The van der Waals surface area contributed by atoms with E-state index < -0.39 is 0 Å². The van der Waals surface area contributed by atoms with Gasteiger partial charge < -0.3 is 9.47 Å². The summed E-state index contributed by atoms with van der Waals surface area (Å²) in [5, 5.41) is 11.5. The topological polar surface area (TPSA) is 77.1 Å². The van der Waals surface area contributed by atoms with Crippen LogP contribution in [0.4, 0.5) is 0 Å². The minimum absolute atomic E-state index is 0.0567. The first-order valence-electron chi connectivity index (χ1n) is 9.12. The summed E-state index contributed by atoms with van der Waals surface area (Å²) in [6, 6.07) is 8.04. The maximum absolute atomic E-state index is 13.4. The van der Waals surface area contributed by atoms with Gasteiger partial charge in [-0.25, -0.2) is 4.98 Å². The summed E-state index contributed by atoms with van der Waals surface area (Å²) >= 11 is 1.47. The molecule has 0 radical (unpaired) electrons. The minimum Gasteiger partial charge on any atom is -0.496 e. The van der Waals surface area contributed by atoms with Crippen molar-refractivity contribution in [1.29, 1.82) is 5.26 Å². The van der Waals surface area contributed by atoms with Gasteiger partial charge in [-0.3, -0.25) is 9.36 Å². The molecule has 0 aliphatic rings. The van der Waals surface area contributed by atoms with Gasteiger partial charge in [0.1, 0.15) is 16.4 Å². The second-order valence-corrected chi connectivity index (χ2v) is 7.36. The summed E-state index contributed by atoms with van der Waals surface area (Å²) in [6.07, 6.45) is 1.58. The van der Waals surface area contributed by atoms with Crippen molar-refractivity contribution in [3.05, 3.63) is 45.3 Å². The first-order chi connectivity index (χ1) is 13.6. The van der Waals surface area contributed by atoms with Gasteiger partial charge in [-0.1, -0.05) is 6.07 Å². The van der Waals surface area contributed by atoms with E-state index in [9.17, 15) is 4.79 Å². The van der Waals surface area contributed by atoms with Crippen LogP contribution in [0.15, 0.2) is 28.4 Å². The van der Waals surface area contributed by atoms with E-state index in [4.69, 9.17) is 19.7 Å². The normalized spacial score (nSPS) is 10.9. The number of aryl methyl sites for hydroxylation is 1. The zero-order valence-electron chi connectivity index (χ0n) is 16.3. The highest BCUT2D eigenvalue weighted by Crippen LogP contribution is 2.33. The van der Waals surface area contributed by atoms with E-state index in [-0.39, 0.29) is 5.56 Å². The second kappa shape index (κ2) is 9.00. The second-order valence-electron chi connectivity index (χ2n) is 6.50. The number of nitrogens with zero attached hydrogens (tertiary/aromatic N) is 3. The van der Waals surface area contributed by atoms with Crippen molar-refractivity contribution in [1.82, 2.24) is 9.55 Å². The maximum atomic E-state index is 13.4. The van der Waals surface area contributed by atoms with Gasteiger partial charge in [0.15, 0.2) is 0 Å². The van der Waals surface area contributed by atoms with Crippen LogP contribution in [0, 0.1) is 18.3 Å². The zero-order valence-corrected chi connectivity index (χ0v) is 17.1. The van der Waals surface area contributed by atoms with Crippen LogP contribution in [0.2, 0.25) is 0 Å². The van der Waals surface area contributed by atoms with Gasteiger partial charge in [0.05, 0.1) is 25.2 Å². The Morgan fingerprint density at radius 2 is 2.14 bits per heavy atom. The van der Waals surface area contributed by atoms with Crippen LogP contribution in [-0.4, -0.2) is 30.4 Å². The Labute approximate surface area is 168 Å². The number of unbranched alkanes of at least 4 members (excludes halogenated alkanes) is 1. The van der Waals surface area contributed by atoms with Crippen molar-refractivity contribution in [2.75, 3.05) is 20.8 Å². The van der Waals surface area contributed by atoms with Gasteiger partial charge in [0.2, 0.25) is 0 Å². The van der Waals surface area contributed by atoms with Crippen molar-refractivity contribution in [3.8, 4) is 22.9 Å². The zero-order chi connectivity index (χ0) is 20.1. The molecule has 0 amide bonds. The average Bonchev–Trinajstić information content (AvgIpc) is 3.12. The number of hydrogen-bond acceptors (Lipinski definition) is 6. The van der Waals surface area contributed by atoms with E-state index >= 15 is 0 Å². The predicted molar refractivity (Wildman–Crippen MR) is 111 cm³/mol. The number of aromatic nitrogens is 2. The molecule has 0 N–H and O–H groups in total. The van der Waals surface area contributed by atoms with E-state index in [2.05, 4.69) is 6.07 Å². The van der Waals surface area contributed by atoms with Crippen LogP contribution in [0.5, 0.6) is 5.75 Å². The van der Waals surface area contributed by atoms with Crippen molar-refractivity contribution in [2.24, 2.45) is 0 Å². The summed E-state index contributed by atoms with van der Waals surface area (Å²) in [5.74, 6) is 1.52. The van der Waals surface area contributed by atoms with Crippen LogP contribution < -0.4 is 10.3 Å². The number of fused-ring (bicyclic) bond motifs is 1. The number of methoxy groups -OCH3 is 2. The summed E-state index contributed by atoms with van der Waals surface area (Å²) in [7, 11) is 3.28. The molecule has 3 aromatic rings. The summed E-state index contributed by atoms with van der Waals surface area (Å²) in [5.41, 5.74) is 2.81. The third-order valence-electron chi connectivity index (χ3n) is 4.68. The van der Waals surface area contributed by atoms with E-state index in [1.54, 1.807) is 18.8 Å². The fraction of sp³-hybridized carbons (Fsp3) is 0.381. The molecule has 2 aromatic heterocycles. The fourth-order valence-electron chi connectivity index (χ4n) is 3.26. The highest BCUT2D eigenvalue weighted by Gasteiger charge is 2.17. The number of benzene rings is 1. The lowest BCUT2D eigenvalue weighted by atomic mass is 10.0. The van der Waals surface area contributed by atoms with Gasteiger partial charge in [0, 0.05) is 37.4 Å². The van der Waals surface area contributed by atoms with Crippen molar-refractivity contribution >= 4 is 21.6 Å². The molecule has 0 unspecified atom stereocenters. The summed E-state index contributed by atoms with van der Waals surface area (Å²) in [4.78, 5) is 18.8. The molecule has 6 nitrogen and oxygen atoms in total. The Morgan fingerprint density at radius 3 is 2.82 bits per heavy atom. The molecular weight excluding hydrogens is 374 g/mol. The standard InChI is InChI=1S/C21H23N3O3S/c1-14-12-15(6-7-17(14)27-3)16-13-28-20-19(16)21(25)24(10-5-4-9-22)18(23-20)8-11-26-2/h6-7,12-13H,4-5,8,10-11H2,1-3H3. The number of rotatable bonds is 8. The molecule has 0 fully saturated rings. The van der Waals surface area contributed by atoms with Gasteiger partial charge in [0.25, 0.3) is 5.56 Å². The number of nitriles is 1. The Kier molecular flexibility index (Phi) is 6.45. The Morgan fingerprint density at radius 1 is 1.32 bits per heavy atom. The highest BCUT2D eigenvalue weighted by molar-refractivity contribution is 7.17. The number of ether oxygens (including phenoxy) is 2. The Hall–Kier alpha value is -2.69. The first kappa shape index (κ1) is 20.1. The monoisotopic (exact) mass is 397 g/mol. The number of hydrogen-bond donors (Lipinski definition) is 0. The Balaban J connectivity index is 2.14. The fourth-order valence-corrected chi connectivity index (χ4v) is 4.21. The molecule has 0 aliphatic carbocycles. The minimum atomic E-state index is -0.0567. The van der Waals surface area contributed by atoms with Crippen LogP contribution in [-0.2, 0) is 17.7 Å². The molecular formula is C21H23N3O3S. The van der Waals surface area contributed by atoms with Crippen molar-refractivity contribution in [3.63, 3.8) is 0 Å². The molecule has 0 saturated heterocycles. The lowest BCUT2D eigenvalue weighted by Crippen LogP contribution is -2.26. The van der Waals surface area contributed by atoms with Gasteiger partial charge >= 0.3 is 0 Å². The average molecular weight is 398 g/mol. The third kappa shape index (κ3) is 3.93. The van der Waals surface area contributed by atoms with Gasteiger partial charge in [-0.15, -0.1) is 11.3 Å². The van der Waals surface area contributed by atoms with Crippen LogP contribution in [0.3, 0.4) is 0 Å². The largest absolute Gasteiger partial charge is 0.496 e. The van der Waals surface area contributed by atoms with E-state index in [1.165, 1.54) is 11.3 Å². The summed E-state index contributed by atoms with van der Waals surface area (Å²) < 4.78 is 12.2. The van der Waals surface area contributed by atoms with Crippen LogP contribution >= 0.6 is 11.3 Å². The molecule has 7 heteroatoms. The third-order valence-corrected chi connectivity index (χ3v) is 5.55. The molecule has 0 spiro atoms. The van der Waals surface area contributed by atoms with Gasteiger partial charge in [-0.2, -0.15) is 5.26 Å². The summed E-state index contributed by atoms with van der Waals surface area (Å²) in [6.45, 7) is 2.95. The SMILES string of the molecule is COCCc1nc2scc(-c3ccc(OC)c(C)c3)c2c(=O)n1CCCC#N. The predicted octanol–water partition coefficient (Wildman–Crippen LogP) is 3.93.